The highest BCUT2D eigenvalue weighted by molar-refractivity contribution is 6.01. The number of esters is 4. The lowest BCUT2D eigenvalue weighted by atomic mass is 9.78. The molecule has 7 heterocycles. The van der Waals surface area contributed by atoms with Crippen LogP contribution in [0.15, 0.2) is 38.0 Å². The van der Waals surface area contributed by atoms with Gasteiger partial charge >= 0.3 is 35.8 Å². The maximum Gasteiger partial charge on any atom is 0.333 e. The molecule has 7 rings (SSSR count). The fraction of sp³-hybridized carbons (Fsp3) is 0.856. The number of hydrogen-bond donors (Lipinski definition) is 5. The van der Waals surface area contributed by atoms with E-state index in [0.29, 0.717) is 115 Å². The van der Waals surface area contributed by atoms with Crippen molar-refractivity contribution < 1.29 is 145 Å². The van der Waals surface area contributed by atoms with E-state index in [2.05, 4.69) is 137 Å². The van der Waals surface area contributed by atoms with E-state index in [0.717, 1.165) is 84.0 Å². The van der Waals surface area contributed by atoms with E-state index >= 15 is 0 Å². The van der Waals surface area contributed by atoms with Crippen LogP contribution >= 0.6 is 0 Å². The van der Waals surface area contributed by atoms with Gasteiger partial charge in [-0.25, -0.2) is 4.79 Å². The molecule has 0 aromatic carbocycles. The molecule has 0 aromatic heterocycles. The van der Waals surface area contributed by atoms with Gasteiger partial charge in [-0.15, -0.1) is 24.8 Å². The first-order chi connectivity index (χ1) is 60.7. The number of methoxy groups -OCH3 is 1. The second kappa shape index (κ2) is 69.4. The molecule has 0 saturated carbocycles. The van der Waals surface area contributed by atoms with Gasteiger partial charge in [0.2, 0.25) is 6.29 Å². The molecule has 0 aromatic rings. The number of amides is 2. The second-order valence-corrected chi connectivity index (χ2v) is 34.6. The van der Waals surface area contributed by atoms with Crippen molar-refractivity contribution in [1.29, 1.82) is 0 Å². The molecule has 7 fully saturated rings. The first-order valence-electron chi connectivity index (χ1n) is 47.6. The first kappa shape index (κ1) is 123. The van der Waals surface area contributed by atoms with E-state index in [9.17, 15) is 53.7 Å². The van der Waals surface area contributed by atoms with Crippen LogP contribution in [0.25, 0.3) is 0 Å². The third-order valence-electron chi connectivity index (χ3n) is 25.2. The molecule has 30 atom stereocenters. The number of carbonyl (C=O) groups excluding carboxylic acids is 7. The van der Waals surface area contributed by atoms with Gasteiger partial charge in [0.05, 0.1) is 70.5 Å². The number of hydroxylamine groups is 2. The van der Waals surface area contributed by atoms with E-state index in [1.807, 2.05) is 26.0 Å². The standard InChI is InChI=1S/C18H29NO6.C15H22O9.2C15H28O2.C14H26O4.C11H20O6.C7H16O.C2H6/c1-5-14-12(3)11(2)13(4)18(24-14)23-10-6-7-17(22)25-19-15(20)8-9-16(19)21;1-7-13(21-9(3)17)12(6-20-8(2)16)24-15(23-11(5)19)14(7)22-10(4)18;2*1-6-8-9-10-16-15-13(5)11(3)12(4)14(7-2)17-15;1-5-12-10(3)9(2)11(4)14(18-12)17-8-6-7-13(15)16;1-2-3-4-5-16-11-10(15)9(14)8(13)7(6-12)17-11;1-3-4-5-6-7-8-2;1-2/h11-14,18H,5-10H2,1-4H3;7,12-15H,6H2,1-5H3;2*6,11-15H,1,7-10H2,2-5H3;9-12,14H,5-8H2,1-4H3,(H,15,16);2,7-15H,1,3-6H2;3-7H2,1-2H3;1-2H3/t11-,12?,13?,14?,18+;7-,12?,13?,14?,15?;2*11-,12?,13?,14?,15+;9-,10?,11?,12?,14+;7?,8?,9-,10?,11+;;/m000000../s1. The minimum absolute atomic E-state index is 0.0176. The number of aliphatic hydroxyl groups excluding tert-OH is 4. The van der Waals surface area contributed by atoms with Gasteiger partial charge in [0, 0.05) is 90.3 Å². The number of aliphatic carboxylic acids is 1. The fourth-order valence-electron chi connectivity index (χ4n) is 15.8. The zero-order chi connectivity index (χ0) is 97.5. The van der Waals surface area contributed by atoms with Crippen LogP contribution in [0, 0.1) is 76.9 Å². The number of unbranched alkanes of at least 4 members (excludes halogenated alkanes) is 6. The van der Waals surface area contributed by atoms with Gasteiger partial charge in [-0.1, -0.05) is 176 Å². The molecular formula is C97H175NO30. The summed E-state index contributed by atoms with van der Waals surface area (Å²) in [5.74, 6) is 1.07. The van der Waals surface area contributed by atoms with Crippen LogP contribution in [0.2, 0.25) is 0 Å². The van der Waals surface area contributed by atoms with E-state index in [-0.39, 0.29) is 75.6 Å². The first-order valence-corrected chi connectivity index (χ1v) is 47.6. The zero-order valence-corrected chi connectivity index (χ0v) is 82.9. The molecule has 7 saturated heterocycles. The lowest BCUT2D eigenvalue weighted by Gasteiger charge is -2.43. The molecular weight excluding hydrogens is 1660 g/mol. The largest absolute Gasteiger partial charge is 0.481 e. The van der Waals surface area contributed by atoms with Crippen LogP contribution in [-0.2, 0) is 119 Å². The second-order valence-electron chi connectivity index (χ2n) is 34.6. The van der Waals surface area contributed by atoms with Crippen molar-refractivity contribution in [3.05, 3.63) is 38.0 Å². The predicted octanol–water partition coefficient (Wildman–Crippen LogP) is 15.7. The molecule has 31 heteroatoms. The Kier molecular flexibility index (Phi) is 66.4. The lowest BCUT2D eigenvalue weighted by Crippen LogP contribution is -2.59. The van der Waals surface area contributed by atoms with Gasteiger partial charge in [-0.2, -0.15) is 0 Å². The summed E-state index contributed by atoms with van der Waals surface area (Å²) in [7, 11) is 1.76. The summed E-state index contributed by atoms with van der Waals surface area (Å²) in [5, 5.41) is 46.7. The summed E-state index contributed by atoms with van der Waals surface area (Å²) in [6.45, 7) is 62.2. The topological polar surface area (TPSA) is 398 Å². The molecule has 0 radical (unpaired) electrons. The number of hydrogen-bond acceptors (Lipinski definition) is 29. The SMILES string of the molecule is C=CCCCO[C@@H]1OC(CC)C(C)[C@H](C)C1C.C=CCCCO[C@@H]1OC(CC)C(C)[C@H](C)C1C.C=CCCCO[C@@H]1OC(CO)C(O)[C@H](O)C1O.CC.CC(=O)OCC1OC(OC(C)=O)C(OC(C)=O)[C@@H](C)C1OC(C)=O.CCC1O[C@@H](OCCCC(=O)O)C(C)[C@@H](C)C1C.CCC1O[C@@H](OCCCC(=O)ON2C(=O)CCC2=O)C(C)[C@@H](C)C1C.CCCCCCOC. The third kappa shape index (κ3) is 45.0. The van der Waals surface area contributed by atoms with Crippen molar-refractivity contribution >= 4 is 47.6 Å². The highest BCUT2D eigenvalue weighted by Crippen LogP contribution is 2.41. The summed E-state index contributed by atoms with van der Waals surface area (Å²) >= 11 is 0. The molecule has 7 aliphatic heterocycles. The minimum atomic E-state index is -1.38. The summed E-state index contributed by atoms with van der Waals surface area (Å²) in [6, 6.07) is 0. The maximum atomic E-state index is 11.7. The number of carboxylic acids is 1. The zero-order valence-electron chi connectivity index (χ0n) is 82.9. The van der Waals surface area contributed by atoms with E-state index in [4.69, 9.17) is 90.8 Å². The maximum absolute atomic E-state index is 11.7. The van der Waals surface area contributed by atoms with Crippen LogP contribution in [0.4, 0.5) is 0 Å². The van der Waals surface area contributed by atoms with Gasteiger partial charge in [0.15, 0.2) is 37.6 Å². The number of nitrogens with zero attached hydrogens (tertiary/aromatic N) is 1. The van der Waals surface area contributed by atoms with Crippen molar-refractivity contribution in [2.24, 2.45) is 76.9 Å². The van der Waals surface area contributed by atoms with Gasteiger partial charge in [-0.3, -0.25) is 33.6 Å². The van der Waals surface area contributed by atoms with Crippen molar-refractivity contribution in [2.45, 2.75) is 399 Å². The van der Waals surface area contributed by atoms with Crippen molar-refractivity contribution in [3.8, 4) is 0 Å². The Morgan fingerprint density at radius 3 is 1.06 bits per heavy atom. The normalized spacial score (nSPS) is 32.9. The molecule has 7 aliphatic rings. The Balaban J connectivity index is 0.00000149. The molecule has 5 N–H and O–H groups in total. The number of carbonyl (C=O) groups is 8. The Bertz CT molecular complexity index is 2890. The van der Waals surface area contributed by atoms with Crippen LogP contribution in [-0.4, -0.2) is 243 Å². The Labute approximate surface area is 768 Å². The summed E-state index contributed by atoms with van der Waals surface area (Å²) in [4.78, 5) is 94.7. The lowest BCUT2D eigenvalue weighted by molar-refractivity contribution is -0.301. The highest BCUT2D eigenvalue weighted by Gasteiger charge is 2.51. The van der Waals surface area contributed by atoms with E-state index in [1.54, 1.807) is 20.1 Å². The molecule has 0 spiro atoms. The van der Waals surface area contributed by atoms with Gasteiger partial charge in [-0.05, 0) is 131 Å². The molecule has 128 heavy (non-hydrogen) atoms. The summed E-state index contributed by atoms with van der Waals surface area (Å²) in [6.07, 6.45) is 12.7. The number of aliphatic hydroxyl groups is 4. The van der Waals surface area contributed by atoms with Gasteiger partial charge in [0.1, 0.15) is 43.2 Å². The Morgan fingerprint density at radius 2 is 0.734 bits per heavy atom. The fourth-order valence-corrected chi connectivity index (χ4v) is 15.8. The predicted molar refractivity (Wildman–Crippen MR) is 486 cm³/mol. The Morgan fingerprint density at radius 1 is 0.391 bits per heavy atom. The Hall–Kier alpha value is -5.46. The highest BCUT2D eigenvalue weighted by atomic mass is 16.8. The number of ether oxygens (including phenoxy) is 16. The molecule has 0 aliphatic carbocycles. The van der Waals surface area contributed by atoms with Crippen molar-refractivity contribution in [2.75, 3.05) is 60.0 Å². The monoisotopic (exact) mass is 1830 g/mol. The molecule has 748 valence electrons. The van der Waals surface area contributed by atoms with E-state index < -0.39 is 115 Å². The average molecular weight is 1840 g/mol. The van der Waals surface area contributed by atoms with Crippen LogP contribution in [0.1, 0.15) is 295 Å². The number of rotatable bonds is 41. The molecule has 19 unspecified atom stereocenters. The van der Waals surface area contributed by atoms with Gasteiger partial charge < -0.3 is 106 Å². The molecule has 31 nitrogen and oxygen atoms in total. The van der Waals surface area contributed by atoms with Crippen LogP contribution < -0.4 is 0 Å². The van der Waals surface area contributed by atoms with E-state index in [1.165, 1.54) is 53.4 Å². The van der Waals surface area contributed by atoms with Crippen LogP contribution in [0.5, 0.6) is 0 Å². The van der Waals surface area contributed by atoms with Gasteiger partial charge in [0.25, 0.3) is 11.8 Å². The van der Waals surface area contributed by atoms with Crippen molar-refractivity contribution in [3.63, 3.8) is 0 Å². The number of allylic oxidation sites excluding steroid dienone is 3. The number of imide groups is 1. The molecule has 0 bridgehead atoms. The minimum Gasteiger partial charge on any atom is -0.481 e. The average Bonchev–Trinajstić information content (AvgIpc) is 1.68. The van der Waals surface area contributed by atoms with Crippen LogP contribution in [0.3, 0.4) is 0 Å². The third-order valence-corrected chi connectivity index (χ3v) is 25.2. The van der Waals surface area contributed by atoms with Crippen molar-refractivity contribution in [1.82, 2.24) is 5.06 Å². The molecule has 2 amide bonds. The summed E-state index contributed by atoms with van der Waals surface area (Å²) < 4.78 is 88.6. The smallest absolute Gasteiger partial charge is 0.333 e. The quantitative estimate of drug-likeness (QED) is 0.0125. The number of carboxylic acid groups (broad SMARTS) is 1. The summed E-state index contributed by atoms with van der Waals surface area (Å²) in [5.41, 5.74) is 0.